The molecule has 1 fully saturated rings. The molecule has 1 aliphatic rings. The second-order valence-corrected chi connectivity index (χ2v) is 5.41. The van der Waals surface area contributed by atoms with Gasteiger partial charge in [-0.05, 0) is 30.9 Å². The van der Waals surface area contributed by atoms with Gasteiger partial charge in [0.2, 0.25) is 5.91 Å². The van der Waals surface area contributed by atoms with Crippen LogP contribution in [0.1, 0.15) is 31.4 Å². The Morgan fingerprint density at radius 3 is 2.65 bits per heavy atom. The second-order valence-electron chi connectivity index (χ2n) is 5.41. The summed E-state index contributed by atoms with van der Waals surface area (Å²) in [5.41, 5.74) is 5.97. The minimum Gasteiger partial charge on any atom is -0.351 e. The van der Waals surface area contributed by atoms with Crippen molar-refractivity contribution >= 4 is 11.9 Å². The summed E-state index contributed by atoms with van der Waals surface area (Å²) in [5.74, 6) is 0.203. The first-order valence-electron chi connectivity index (χ1n) is 6.97. The number of rotatable bonds is 3. The zero-order chi connectivity index (χ0) is 14.5. The van der Waals surface area contributed by atoms with Crippen LogP contribution < -0.4 is 11.1 Å². The number of hydrogen-bond donors (Lipinski definition) is 2. The van der Waals surface area contributed by atoms with Crippen LogP contribution in [0.4, 0.5) is 4.79 Å². The van der Waals surface area contributed by atoms with E-state index in [4.69, 9.17) is 5.73 Å². The van der Waals surface area contributed by atoms with Gasteiger partial charge in [0.05, 0.1) is 0 Å². The highest BCUT2D eigenvalue weighted by Crippen LogP contribution is 2.26. The molecule has 1 aromatic rings. The lowest BCUT2D eigenvalue weighted by Crippen LogP contribution is -2.47. The third-order valence-corrected chi connectivity index (χ3v) is 3.66. The molecular weight excluding hydrogens is 254 g/mol. The van der Waals surface area contributed by atoms with Crippen molar-refractivity contribution in [2.45, 2.75) is 25.8 Å². The van der Waals surface area contributed by atoms with E-state index in [1.54, 1.807) is 0 Å². The fraction of sp³-hybridized carbons (Fsp3) is 0.467. The van der Waals surface area contributed by atoms with Crippen LogP contribution in [0.15, 0.2) is 30.3 Å². The van der Waals surface area contributed by atoms with E-state index in [9.17, 15) is 9.59 Å². The van der Waals surface area contributed by atoms with Crippen LogP contribution in [0.2, 0.25) is 0 Å². The SMILES string of the molecule is C[C@@H]1CCCN([C@H](C(=O)NC(N)=O)c2ccccc2)C1. The van der Waals surface area contributed by atoms with Crippen molar-refractivity contribution in [1.29, 1.82) is 0 Å². The summed E-state index contributed by atoms with van der Waals surface area (Å²) in [7, 11) is 0. The van der Waals surface area contributed by atoms with E-state index in [0.717, 1.165) is 25.1 Å². The van der Waals surface area contributed by atoms with Gasteiger partial charge in [0, 0.05) is 6.54 Å². The average Bonchev–Trinajstić information content (AvgIpc) is 2.39. The molecule has 0 bridgehead atoms. The third-order valence-electron chi connectivity index (χ3n) is 3.66. The summed E-state index contributed by atoms with van der Waals surface area (Å²) < 4.78 is 0. The van der Waals surface area contributed by atoms with Crippen LogP contribution in [0, 0.1) is 5.92 Å². The zero-order valence-electron chi connectivity index (χ0n) is 11.7. The number of nitrogens with two attached hydrogens (primary N) is 1. The molecule has 0 aromatic heterocycles. The monoisotopic (exact) mass is 275 g/mol. The van der Waals surface area contributed by atoms with Gasteiger partial charge >= 0.3 is 6.03 Å². The first kappa shape index (κ1) is 14.5. The summed E-state index contributed by atoms with van der Waals surface area (Å²) in [6.45, 7) is 3.89. The van der Waals surface area contributed by atoms with Gasteiger partial charge in [-0.2, -0.15) is 0 Å². The Morgan fingerprint density at radius 1 is 1.35 bits per heavy atom. The van der Waals surface area contributed by atoms with Crippen molar-refractivity contribution in [3.8, 4) is 0 Å². The quantitative estimate of drug-likeness (QED) is 0.880. The maximum absolute atomic E-state index is 12.3. The van der Waals surface area contributed by atoms with Crippen LogP contribution in [0.5, 0.6) is 0 Å². The highest BCUT2D eigenvalue weighted by atomic mass is 16.2. The predicted octanol–water partition coefficient (Wildman–Crippen LogP) is 1.65. The standard InChI is InChI=1S/C15H21N3O2/c1-11-6-5-9-18(10-11)13(14(19)17-15(16)20)12-7-3-2-4-8-12/h2-4,7-8,11,13H,5-6,9-10H2,1H3,(H3,16,17,19,20)/t11-,13+/m1/s1. The molecule has 1 aliphatic heterocycles. The van der Waals surface area contributed by atoms with Crippen molar-refractivity contribution in [1.82, 2.24) is 10.2 Å². The molecule has 0 unspecified atom stereocenters. The Bertz CT molecular complexity index is 475. The number of primary amides is 1. The lowest BCUT2D eigenvalue weighted by Gasteiger charge is -2.36. The van der Waals surface area contributed by atoms with Gasteiger partial charge in [-0.25, -0.2) is 4.79 Å². The fourth-order valence-corrected chi connectivity index (χ4v) is 2.81. The zero-order valence-corrected chi connectivity index (χ0v) is 11.7. The number of imide groups is 1. The maximum Gasteiger partial charge on any atom is 0.318 e. The summed E-state index contributed by atoms with van der Waals surface area (Å²) in [5, 5.41) is 2.21. The first-order valence-corrected chi connectivity index (χ1v) is 6.97. The fourth-order valence-electron chi connectivity index (χ4n) is 2.81. The molecule has 0 radical (unpaired) electrons. The normalized spacial score (nSPS) is 21.1. The molecule has 20 heavy (non-hydrogen) atoms. The van der Waals surface area contributed by atoms with Gasteiger partial charge < -0.3 is 5.73 Å². The molecule has 0 spiro atoms. The highest BCUT2D eigenvalue weighted by molar-refractivity contribution is 5.96. The van der Waals surface area contributed by atoms with Crippen molar-refractivity contribution in [3.63, 3.8) is 0 Å². The van der Waals surface area contributed by atoms with Crippen LogP contribution in [-0.4, -0.2) is 29.9 Å². The number of nitrogens with one attached hydrogen (secondary N) is 1. The summed E-state index contributed by atoms with van der Waals surface area (Å²) in [6, 6.07) is 8.26. The first-order chi connectivity index (χ1) is 9.58. The largest absolute Gasteiger partial charge is 0.351 e. The van der Waals surface area contributed by atoms with Gasteiger partial charge in [0.25, 0.3) is 0 Å². The van der Waals surface area contributed by atoms with Crippen molar-refractivity contribution in [2.24, 2.45) is 11.7 Å². The van der Waals surface area contributed by atoms with E-state index in [2.05, 4.69) is 17.1 Å². The number of carbonyl (C=O) groups excluding carboxylic acids is 2. The van der Waals surface area contributed by atoms with Gasteiger partial charge in [-0.3, -0.25) is 15.0 Å². The molecule has 5 nitrogen and oxygen atoms in total. The molecule has 2 rings (SSSR count). The topological polar surface area (TPSA) is 75.4 Å². The molecular formula is C15H21N3O2. The maximum atomic E-state index is 12.3. The Kier molecular flexibility index (Phi) is 4.74. The van der Waals surface area contributed by atoms with E-state index < -0.39 is 12.1 Å². The van der Waals surface area contributed by atoms with Crippen molar-refractivity contribution in [2.75, 3.05) is 13.1 Å². The summed E-state index contributed by atoms with van der Waals surface area (Å²) >= 11 is 0. The average molecular weight is 275 g/mol. The number of likely N-dealkylation sites (tertiary alicyclic amines) is 1. The Balaban J connectivity index is 2.24. The molecule has 0 saturated carbocycles. The Labute approximate surface area is 119 Å². The van der Waals surface area contributed by atoms with E-state index in [0.29, 0.717) is 5.92 Å². The number of urea groups is 1. The minimum atomic E-state index is -0.805. The van der Waals surface area contributed by atoms with Crippen LogP contribution in [0.3, 0.4) is 0 Å². The molecule has 3 N–H and O–H groups in total. The number of piperidine rings is 1. The van der Waals surface area contributed by atoms with Gasteiger partial charge in [0.1, 0.15) is 6.04 Å². The number of amides is 3. The predicted molar refractivity (Wildman–Crippen MR) is 76.9 cm³/mol. The molecule has 3 amide bonds. The molecule has 1 saturated heterocycles. The molecule has 2 atom stereocenters. The van der Waals surface area contributed by atoms with Gasteiger partial charge in [-0.1, -0.05) is 37.3 Å². The van der Waals surface area contributed by atoms with E-state index >= 15 is 0 Å². The molecule has 108 valence electrons. The van der Waals surface area contributed by atoms with E-state index in [-0.39, 0.29) is 5.91 Å². The van der Waals surface area contributed by atoms with Crippen molar-refractivity contribution in [3.05, 3.63) is 35.9 Å². The smallest absolute Gasteiger partial charge is 0.318 e. The molecule has 5 heteroatoms. The number of carbonyl (C=O) groups is 2. The molecule has 1 heterocycles. The number of benzene rings is 1. The second kappa shape index (κ2) is 6.52. The number of hydrogen-bond acceptors (Lipinski definition) is 3. The Hall–Kier alpha value is -1.88. The lowest BCUT2D eigenvalue weighted by atomic mass is 9.96. The minimum absolute atomic E-state index is 0.349. The third kappa shape index (κ3) is 3.57. The summed E-state index contributed by atoms with van der Waals surface area (Å²) in [6.07, 6.45) is 2.24. The van der Waals surface area contributed by atoms with Crippen LogP contribution in [0.25, 0.3) is 0 Å². The van der Waals surface area contributed by atoms with Gasteiger partial charge in [0.15, 0.2) is 0 Å². The summed E-state index contributed by atoms with van der Waals surface area (Å²) in [4.78, 5) is 25.4. The number of nitrogens with zero attached hydrogens (tertiary/aromatic N) is 1. The van der Waals surface area contributed by atoms with Crippen LogP contribution in [-0.2, 0) is 4.79 Å². The molecule has 0 aliphatic carbocycles. The van der Waals surface area contributed by atoms with Crippen molar-refractivity contribution < 1.29 is 9.59 Å². The highest BCUT2D eigenvalue weighted by Gasteiger charge is 2.31. The van der Waals surface area contributed by atoms with Gasteiger partial charge in [-0.15, -0.1) is 0 Å². The van der Waals surface area contributed by atoms with Crippen LogP contribution >= 0.6 is 0 Å². The Morgan fingerprint density at radius 2 is 2.05 bits per heavy atom. The van der Waals surface area contributed by atoms with E-state index in [1.165, 1.54) is 6.42 Å². The molecule has 1 aromatic carbocycles. The van der Waals surface area contributed by atoms with E-state index in [1.807, 2.05) is 30.3 Å². The lowest BCUT2D eigenvalue weighted by molar-refractivity contribution is -0.126.